The second-order valence-electron chi connectivity index (χ2n) is 4.42. The Bertz CT molecular complexity index is 192. The van der Waals surface area contributed by atoms with Crippen LogP contribution in [0.15, 0.2) is 0 Å². The highest BCUT2D eigenvalue weighted by atomic mass is 16.5. The second kappa shape index (κ2) is 5.35. The van der Waals surface area contributed by atoms with Crippen LogP contribution in [0.25, 0.3) is 0 Å². The topological polar surface area (TPSA) is 38.3 Å². The monoisotopic (exact) mass is 199 g/mol. The molecule has 0 aromatic heterocycles. The molecule has 3 nitrogen and oxygen atoms in total. The summed E-state index contributed by atoms with van der Waals surface area (Å²) in [5.41, 5.74) is 0. The molecule has 82 valence electrons. The van der Waals surface area contributed by atoms with E-state index in [1.807, 2.05) is 6.92 Å². The summed E-state index contributed by atoms with van der Waals surface area (Å²) in [6, 6.07) is 0.504. The minimum absolute atomic E-state index is 0.0359. The first-order valence-electron chi connectivity index (χ1n) is 5.53. The van der Waals surface area contributed by atoms with Crippen molar-refractivity contribution in [1.29, 1.82) is 0 Å². The number of carbonyl (C=O) groups excluding carboxylic acids is 1. The van der Waals surface area contributed by atoms with Crippen LogP contribution in [0, 0.1) is 11.8 Å². The van der Waals surface area contributed by atoms with Gasteiger partial charge in [-0.3, -0.25) is 4.79 Å². The van der Waals surface area contributed by atoms with Gasteiger partial charge < -0.3 is 10.1 Å². The quantitative estimate of drug-likeness (QED) is 0.698. The van der Waals surface area contributed by atoms with Gasteiger partial charge in [-0.15, -0.1) is 0 Å². The van der Waals surface area contributed by atoms with Crippen molar-refractivity contribution in [2.45, 2.75) is 39.7 Å². The first-order chi connectivity index (χ1) is 6.63. The molecule has 2 atom stereocenters. The van der Waals surface area contributed by atoms with Gasteiger partial charge in [-0.1, -0.05) is 13.8 Å². The summed E-state index contributed by atoms with van der Waals surface area (Å²) in [4.78, 5) is 11.4. The maximum absolute atomic E-state index is 11.4. The van der Waals surface area contributed by atoms with E-state index in [-0.39, 0.29) is 11.9 Å². The Kier molecular flexibility index (Phi) is 4.39. The Hall–Kier alpha value is -0.570. The lowest BCUT2D eigenvalue weighted by molar-refractivity contribution is -0.147. The van der Waals surface area contributed by atoms with Crippen LogP contribution in [0.1, 0.15) is 33.6 Å². The highest BCUT2D eigenvalue weighted by Gasteiger charge is 2.30. The maximum Gasteiger partial charge on any atom is 0.310 e. The zero-order valence-corrected chi connectivity index (χ0v) is 9.38. The molecule has 0 bridgehead atoms. The number of nitrogens with one attached hydrogen (secondary N) is 1. The number of hydrogen-bond donors (Lipinski definition) is 1. The molecule has 0 saturated carbocycles. The van der Waals surface area contributed by atoms with Crippen molar-refractivity contribution in [2.75, 3.05) is 13.2 Å². The van der Waals surface area contributed by atoms with E-state index in [1.165, 1.54) is 0 Å². The summed E-state index contributed by atoms with van der Waals surface area (Å²) in [6.45, 7) is 7.55. The molecule has 0 unspecified atom stereocenters. The Morgan fingerprint density at radius 2 is 2.29 bits per heavy atom. The lowest BCUT2D eigenvalue weighted by Crippen LogP contribution is -2.23. The summed E-state index contributed by atoms with van der Waals surface area (Å²) in [7, 11) is 0. The van der Waals surface area contributed by atoms with Gasteiger partial charge in [0.2, 0.25) is 0 Å². The molecule has 1 saturated heterocycles. The molecule has 0 aromatic carbocycles. The largest absolute Gasteiger partial charge is 0.466 e. The molecule has 0 radical (unpaired) electrons. The average Bonchev–Trinajstić information content (AvgIpc) is 2.52. The summed E-state index contributed by atoms with van der Waals surface area (Å²) < 4.78 is 5.00. The molecule has 1 aliphatic rings. The third-order valence-corrected chi connectivity index (χ3v) is 2.60. The van der Waals surface area contributed by atoms with Crippen molar-refractivity contribution in [3.63, 3.8) is 0 Å². The number of hydrogen-bond acceptors (Lipinski definition) is 3. The molecule has 0 aliphatic carbocycles. The van der Waals surface area contributed by atoms with Crippen molar-refractivity contribution < 1.29 is 9.53 Å². The summed E-state index contributed by atoms with van der Waals surface area (Å²) >= 11 is 0. The molecule has 1 N–H and O–H groups in total. The van der Waals surface area contributed by atoms with E-state index in [0.29, 0.717) is 18.6 Å². The van der Waals surface area contributed by atoms with Crippen LogP contribution < -0.4 is 5.32 Å². The van der Waals surface area contributed by atoms with Crippen LogP contribution in [0.5, 0.6) is 0 Å². The molecular formula is C11H21NO2. The third kappa shape index (κ3) is 3.29. The molecule has 14 heavy (non-hydrogen) atoms. The van der Waals surface area contributed by atoms with Crippen LogP contribution in [-0.4, -0.2) is 25.2 Å². The highest BCUT2D eigenvalue weighted by molar-refractivity contribution is 5.73. The Balaban J connectivity index is 2.29. The first kappa shape index (κ1) is 11.5. The van der Waals surface area contributed by atoms with Crippen molar-refractivity contribution >= 4 is 5.97 Å². The molecule has 1 fully saturated rings. The maximum atomic E-state index is 11.4. The molecular weight excluding hydrogens is 178 g/mol. The predicted molar refractivity (Wildman–Crippen MR) is 56.0 cm³/mol. The lowest BCUT2D eigenvalue weighted by atomic mass is 9.99. The van der Waals surface area contributed by atoms with Crippen LogP contribution in [0.4, 0.5) is 0 Å². The average molecular weight is 199 g/mol. The van der Waals surface area contributed by atoms with Gasteiger partial charge in [0.05, 0.1) is 12.5 Å². The van der Waals surface area contributed by atoms with Gasteiger partial charge in [-0.05, 0) is 25.7 Å². The van der Waals surface area contributed by atoms with Crippen molar-refractivity contribution in [3.8, 4) is 0 Å². The first-order valence-corrected chi connectivity index (χ1v) is 5.53. The Morgan fingerprint density at radius 1 is 1.57 bits per heavy atom. The fourth-order valence-electron chi connectivity index (χ4n) is 2.01. The van der Waals surface area contributed by atoms with Crippen LogP contribution in [0.2, 0.25) is 0 Å². The highest BCUT2D eigenvalue weighted by Crippen LogP contribution is 2.20. The normalized spacial score (nSPS) is 26.9. The van der Waals surface area contributed by atoms with Crippen LogP contribution in [0.3, 0.4) is 0 Å². The van der Waals surface area contributed by atoms with Gasteiger partial charge in [-0.2, -0.15) is 0 Å². The molecule has 0 aromatic rings. The summed E-state index contributed by atoms with van der Waals surface area (Å²) in [6.07, 6.45) is 2.09. The van der Waals surface area contributed by atoms with E-state index in [1.54, 1.807) is 0 Å². The van der Waals surface area contributed by atoms with Gasteiger partial charge in [-0.25, -0.2) is 0 Å². The molecule has 3 heteroatoms. The van der Waals surface area contributed by atoms with Crippen LogP contribution >= 0.6 is 0 Å². The zero-order valence-electron chi connectivity index (χ0n) is 9.38. The smallest absolute Gasteiger partial charge is 0.310 e. The molecule has 1 rings (SSSR count). The predicted octanol–water partition coefficient (Wildman–Crippen LogP) is 1.57. The minimum atomic E-state index is -0.0359. The van der Waals surface area contributed by atoms with Gasteiger partial charge in [0.15, 0.2) is 0 Å². The minimum Gasteiger partial charge on any atom is -0.466 e. The summed E-state index contributed by atoms with van der Waals surface area (Å²) in [5, 5.41) is 3.38. The SMILES string of the molecule is CCOC(=O)[C@@H]1CN[C@H](CC(C)C)C1. The standard InChI is InChI=1S/C11H21NO2/c1-4-14-11(13)9-6-10(12-7-9)5-8(2)3/h8-10,12H,4-7H2,1-3H3/t9-,10+/m0/s1. The molecule has 0 amide bonds. The van der Waals surface area contributed by atoms with E-state index in [9.17, 15) is 4.79 Å². The van der Waals surface area contributed by atoms with Gasteiger partial charge in [0, 0.05) is 12.6 Å². The summed E-state index contributed by atoms with van der Waals surface area (Å²) in [5.74, 6) is 0.735. The van der Waals surface area contributed by atoms with E-state index < -0.39 is 0 Å². The fourth-order valence-corrected chi connectivity index (χ4v) is 2.01. The molecule has 1 aliphatic heterocycles. The molecule has 1 heterocycles. The van der Waals surface area contributed by atoms with E-state index in [2.05, 4.69) is 19.2 Å². The van der Waals surface area contributed by atoms with Gasteiger partial charge in [0.25, 0.3) is 0 Å². The number of rotatable bonds is 4. The van der Waals surface area contributed by atoms with Crippen molar-refractivity contribution in [1.82, 2.24) is 5.32 Å². The van der Waals surface area contributed by atoms with Gasteiger partial charge >= 0.3 is 5.97 Å². The number of ether oxygens (including phenoxy) is 1. The van der Waals surface area contributed by atoms with E-state index in [4.69, 9.17) is 4.74 Å². The fraction of sp³-hybridized carbons (Fsp3) is 0.909. The van der Waals surface area contributed by atoms with Crippen molar-refractivity contribution in [2.24, 2.45) is 11.8 Å². The number of esters is 1. The Labute approximate surface area is 86.2 Å². The van der Waals surface area contributed by atoms with Gasteiger partial charge in [0.1, 0.15) is 0 Å². The van der Waals surface area contributed by atoms with E-state index in [0.717, 1.165) is 19.4 Å². The second-order valence-corrected chi connectivity index (χ2v) is 4.42. The number of carbonyl (C=O) groups is 1. The third-order valence-electron chi connectivity index (χ3n) is 2.60. The lowest BCUT2D eigenvalue weighted by Gasteiger charge is -2.12. The molecule has 0 spiro atoms. The zero-order chi connectivity index (χ0) is 10.6. The van der Waals surface area contributed by atoms with Crippen LogP contribution in [-0.2, 0) is 9.53 Å². The van der Waals surface area contributed by atoms with Crippen molar-refractivity contribution in [3.05, 3.63) is 0 Å². The Morgan fingerprint density at radius 3 is 2.86 bits per heavy atom. The van der Waals surface area contributed by atoms with E-state index >= 15 is 0 Å².